The average Bonchev–Trinajstić information content (AvgIpc) is 3.21. The SMILES string of the molecule is N#Cc1nnn(-c2ccc(O)cc2)c1-c1ccc2c(c1)OCO2. The van der Waals surface area contributed by atoms with Crippen molar-refractivity contribution in [3.63, 3.8) is 0 Å². The van der Waals surface area contributed by atoms with Crippen LogP contribution in [0.1, 0.15) is 5.69 Å². The predicted octanol–water partition coefficient (Wildman–Crippen LogP) is 2.24. The molecule has 0 atom stereocenters. The van der Waals surface area contributed by atoms with Crippen LogP contribution in [0.15, 0.2) is 42.5 Å². The standard InChI is InChI=1S/C16H10N4O3/c17-8-13-16(10-1-6-14-15(7-10)23-9-22-14)20(19-18-13)11-2-4-12(21)5-3-11/h1-7,21H,9H2. The summed E-state index contributed by atoms with van der Waals surface area (Å²) in [6.07, 6.45) is 0. The summed E-state index contributed by atoms with van der Waals surface area (Å²) < 4.78 is 12.2. The second-order valence-electron chi connectivity index (χ2n) is 4.89. The number of benzene rings is 2. The molecule has 2 aromatic carbocycles. The van der Waals surface area contributed by atoms with Gasteiger partial charge >= 0.3 is 0 Å². The van der Waals surface area contributed by atoms with Crippen molar-refractivity contribution < 1.29 is 14.6 Å². The Morgan fingerprint density at radius 2 is 1.87 bits per heavy atom. The first-order valence-corrected chi connectivity index (χ1v) is 6.81. The van der Waals surface area contributed by atoms with E-state index in [2.05, 4.69) is 10.3 Å². The summed E-state index contributed by atoms with van der Waals surface area (Å²) >= 11 is 0. The summed E-state index contributed by atoms with van der Waals surface area (Å²) in [6, 6.07) is 13.9. The van der Waals surface area contributed by atoms with Crippen LogP contribution in [0, 0.1) is 11.3 Å². The van der Waals surface area contributed by atoms with Gasteiger partial charge in [-0.1, -0.05) is 5.21 Å². The van der Waals surface area contributed by atoms with Crippen LogP contribution in [0.4, 0.5) is 0 Å². The third-order valence-electron chi connectivity index (χ3n) is 3.52. The van der Waals surface area contributed by atoms with Crippen molar-refractivity contribution in [3.05, 3.63) is 48.2 Å². The largest absolute Gasteiger partial charge is 0.508 e. The van der Waals surface area contributed by atoms with Crippen molar-refractivity contribution in [2.45, 2.75) is 0 Å². The van der Waals surface area contributed by atoms with E-state index in [0.29, 0.717) is 22.9 Å². The number of fused-ring (bicyclic) bond motifs is 1. The molecule has 0 saturated heterocycles. The molecule has 0 aliphatic carbocycles. The fourth-order valence-electron chi connectivity index (χ4n) is 2.43. The molecule has 1 aromatic heterocycles. The maximum atomic E-state index is 9.42. The van der Waals surface area contributed by atoms with E-state index in [9.17, 15) is 10.4 Å². The molecule has 0 radical (unpaired) electrons. The minimum atomic E-state index is 0.152. The van der Waals surface area contributed by atoms with E-state index >= 15 is 0 Å². The Bertz CT molecular complexity index is 925. The summed E-state index contributed by atoms with van der Waals surface area (Å²) in [5.74, 6) is 1.43. The van der Waals surface area contributed by atoms with Crippen LogP contribution in [0.3, 0.4) is 0 Å². The Balaban J connectivity index is 1.89. The molecule has 0 amide bonds. The maximum Gasteiger partial charge on any atom is 0.231 e. The van der Waals surface area contributed by atoms with Crippen LogP contribution in [-0.2, 0) is 0 Å². The zero-order valence-electron chi connectivity index (χ0n) is 11.8. The number of rotatable bonds is 2. The molecule has 23 heavy (non-hydrogen) atoms. The molecule has 7 nitrogen and oxygen atoms in total. The second kappa shape index (κ2) is 5.03. The fraction of sp³-hybridized carbons (Fsp3) is 0.0625. The summed E-state index contributed by atoms with van der Waals surface area (Å²) in [6.45, 7) is 0.180. The first-order valence-electron chi connectivity index (χ1n) is 6.81. The van der Waals surface area contributed by atoms with Gasteiger partial charge in [-0.2, -0.15) is 5.26 Å². The molecule has 1 aliphatic heterocycles. The highest BCUT2D eigenvalue weighted by Crippen LogP contribution is 2.37. The Hall–Kier alpha value is -3.53. The summed E-state index contributed by atoms with van der Waals surface area (Å²) in [7, 11) is 0. The topological polar surface area (TPSA) is 93.2 Å². The zero-order chi connectivity index (χ0) is 15.8. The van der Waals surface area contributed by atoms with Gasteiger partial charge in [0.1, 0.15) is 17.5 Å². The van der Waals surface area contributed by atoms with Gasteiger partial charge in [0.25, 0.3) is 0 Å². The van der Waals surface area contributed by atoms with Crippen LogP contribution in [-0.4, -0.2) is 26.9 Å². The van der Waals surface area contributed by atoms with Crippen molar-refractivity contribution in [3.8, 4) is 40.3 Å². The van der Waals surface area contributed by atoms with E-state index < -0.39 is 0 Å². The Morgan fingerprint density at radius 1 is 1.09 bits per heavy atom. The van der Waals surface area contributed by atoms with Gasteiger partial charge in [0.15, 0.2) is 17.2 Å². The van der Waals surface area contributed by atoms with Gasteiger partial charge in [-0.15, -0.1) is 5.10 Å². The Kier molecular flexibility index (Phi) is 2.88. The van der Waals surface area contributed by atoms with Crippen LogP contribution < -0.4 is 9.47 Å². The molecule has 0 unspecified atom stereocenters. The first kappa shape index (κ1) is 13.2. The quantitative estimate of drug-likeness (QED) is 0.780. The summed E-state index contributed by atoms with van der Waals surface area (Å²) in [5.41, 5.74) is 2.18. The number of hydrogen-bond donors (Lipinski definition) is 1. The minimum Gasteiger partial charge on any atom is -0.508 e. The highest BCUT2D eigenvalue weighted by molar-refractivity contribution is 5.70. The molecule has 3 aromatic rings. The van der Waals surface area contributed by atoms with Gasteiger partial charge in [0.2, 0.25) is 6.79 Å². The van der Waals surface area contributed by atoms with Gasteiger partial charge in [-0.3, -0.25) is 0 Å². The van der Waals surface area contributed by atoms with Crippen molar-refractivity contribution in [1.82, 2.24) is 15.0 Å². The molecular weight excluding hydrogens is 296 g/mol. The Labute approximate surface area is 130 Å². The lowest BCUT2D eigenvalue weighted by Crippen LogP contribution is -1.99. The third-order valence-corrected chi connectivity index (χ3v) is 3.52. The van der Waals surface area contributed by atoms with E-state index in [4.69, 9.17) is 9.47 Å². The van der Waals surface area contributed by atoms with E-state index in [0.717, 1.165) is 5.56 Å². The first-order chi connectivity index (χ1) is 11.3. The lowest BCUT2D eigenvalue weighted by atomic mass is 10.1. The van der Waals surface area contributed by atoms with E-state index in [1.807, 2.05) is 12.1 Å². The predicted molar refractivity (Wildman–Crippen MR) is 79.3 cm³/mol. The smallest absolute Gasteiger partial charge is 0.231 e. The maximum absolute atomic E-state index is 9.42. The number of phenols is 1. The average molecular weight is 306 g/mol. The molecule has 0 spiro atoms. The van der Waals surface area contributed by atoms with Crippen LogP contribution in [0.25, 0.3) is 16.9 Å². The van der Waals surface area contributed by atoms with Gasteiger partial charge in [-0.05, 0) is 42.5 Å². The number of nitriles is 1. The highest BCUT2D eigenvalue weighted by Gasteiger charge is 2.20. The number of hydrogen-bond acceptors (Lipinski definition) is 6. The van der Waals surface area contributed by atoms with Gasteiger partial charge in [-0.25, -0.2) is 4.68 Å². The summed E-state index contributed by atoms with van der Waals surface area (Å²) in [5, 5.41) is 26.7. The van der Waals surface area contributed by atoms with Gasteiger partial charge < -0.3 is 14.6 Å². The number of phenolic OH excluding ortho intramolecular Hbond substituents is 1. The van der Waals surface area contributed by atoms with E-state index in [1.54, 1.807) is 41.1 Å². The zero-order valence-corrected chi connectivity index (χ0v) is 11.8. The molecular formula is C16H10N4O3. The monoisotopic (exact) mass is 306 g/mol. The summed E-state index contributed by atoms with van der Waals surface area (Å²) in [4.78, 5) is 0. The Morgan fingerprint density at radius 3 is 2.65 bits per heavy atom. The van der Waals surface area contributed by atoms with Crippen LogP contribution in [0.2, 0.25) is 0 Å². The molecule has 112 valence electrons. The molecule has 1 aliphatic rings. The fourth-order valence-corrected chi connectivity index (χ4v) is 2.43. The van der Waals surface area contributed by atoms with Crippen molar-refractivity contribution >= 4 is 0 Å². The van der Waals surface area contributed by atoms with Crippen molar-refractivity contribution in [1.29, 1.82) is 5.26 Å². The molecule has 4 rings (SSSR count). The molecule has 1 N–H and O–H groups in total. The molecule has 0 saturated carbocycles. The normalized spacial score (nSPS) is 12.1. The lowest BCUT2D eigenvalue weighted by molar-refractivity contribution is 0.174. The number of ether oxygens (including phenoxy) is 2. The molecule has 0 bridgehead atoms. The molecule has 2 heterocycles. The van der Waals surface area contributed by atoms with Crippen LogP contribution >= 0.6 is 0 Å². The third kappa shape index (κ3) is 2.13. The number of nitrogens with zero attached hydrogens (tertiary/aromatic N) is 4. The van der Waals surface area contributed by atoms with E-state index in [1.165, 1.54) is 0 Å². The second-order valence-corrected chi connectivity index (χ2v) is 4.89. The van der Waals surface area contributed by atoms with Gasteiger partial charge in [0.05, 0.1) is 5.69 Å². The highest BCUT2D eigenvalue weighted by atomic mass is 16.7. The van der Waals surface area contributed by atoms with Gasteiger partial charge in [0, 0.05) is 5.56 Å². The van der Waals surface area contributed by atoms with E-state index in [-0.39, 0.29) is 18.2 Å². The molecule has 7 heteroatoms. The molecule has 0 fully saturated rings. The van der Waals surface area contributed by atoms with Crippen molar-refractivity contribution in [2.75, 3.05) is 6.79 Å². The van der Waals surface area contributed by atoms with Crippen LogP contribution in [0.5, 0.6) is 17.2 Å². The lowest BCUT2D eigenvalue weighted by Gasteiger charge is -2.07. The number of aromatic hydroxyl groups is 1. The minimum absolute atomic E-state index is 0.152. The number of aromatic nitrogens is 3. The van der Waals surface area contributed by atoms with Crippen molar-refractivity contribution in [2.24, 2.45) is 0 Å².